The lowest BCUT2D eigenvalue weighted by atomic mass is 9.99. The molecule has 0 aliphatic carbocycles. The minimum absolute atomic E-state index is 0.124. The Morgan fingerprint density at radius 1 is 1.00 bits per heavy atom. The summed E-state index contributed by atoms with van der Waals surface area (Å²) in [5, 5.41) is 12.1. The molecule has 2 amide bonds. The third kappa shape index (κ3) is 6.14. The second-order valence-corrected chi connectivity index (χ2v) is 8.60. The first kappa shape index (κ1) is 23.3. The molecule has 0 fully saturated rings. The molecular weight excluding hydrogens is 450 g/mol. The first-order valence-corrected chi connectivity index (χ1v) is 11.8. The summed E-state index contributed by atoms with van der Waals surface area (Å²) in [5.74, 6) is 0.601. The van der Waals surface area contributed by atoms with Crippen LogP contribution in [0.25, 0.3) is 11.6 Å². The van der Waals surface area contributed by atoms with Gasteiger partial charge in [0.25, 0.3) is 0 Å². The van der Waals surface area contributed by atoms with Crippen LogP contribution in [0, 0.1) is 0 Å². The van der Waals surface area contributed by atoms with Crippen molar-refractivity contribution in [1.29, 1.82) is 0 Å². The standard InChI is InChI=1S/C25H25N5O3S/c26-22(31)13-14-30-24(21-12-7-15-33-21)28-29-25(30)34-17-23(32)27-20(19-10-5-2-6-11-19)16-18-8-3-1-4-9-18/h1-12,15,20H,13-14,16-17H2,(H2,26,31)(H,27,32). The maximum Gasteiger partial charge on any atom is 0.230 e. The van der Waals surface area contributed by atoms with Gasteiger partial charge in [0.15, 0.2) is 16.7 Å². The quantitative estimate of drug-likeness (QED) is 0.320. The van der Waals surface area contributed by atoms with Crippen LogP contribution in [-0.4, -0.2) is 32.3 Å². The van der Waals surface area contributed by atoms with E-state index in [1.807, 2.05) is 60.7 Å². The normalized spacial score (nSPS) is 11.8. The third-order valence-corrected chi connectivity index (χ3v) is 6.16. The Labute approximate surface area is 201 Å². The molecule has 9 heteroatoms. The van der Waals surface area contributed by atoms with Crippen LogP contribution in [0.1, 0.15) is 23.6 Å². The van der Waals surface area contributed by atoms with Gasteiger partial charge in [-0.3, -0.25) is 14.2 Å². The second kappa shape index (κ2) is 11.3. The van der Waals surface area contributed by atoms with Crippen LogP contribution in [0.4, 0.5) is 0 Å². The smallest absolute Gasteiger partial charge is 0.230 e. The van der Waals surface area contributed by atoms with Gasteiger partial charge in [0.1, 0.15) is 0 Å². The number of hydrogen-bond acceptors (Lipinski definition) is 6. The van der Waals surface area contributed by atoms with Gasteiger partial charge in [0, 0.05) is 13.0 Å². The molecule has 0 saturated heterocycles. The highest BCUT2D eigenvalue weighted by Crippen LogP contribution is 2.25. The van der Waals surface area contributed by atoms with Crippen LogP contribution >= 0.6 is 11.8 Å². The number of nitrogens with one attached hydrogen (secondary N) is 1. The predicted octanol–water partition coefficient (Wildman–Crippen LogP) is 3.61. The van der Waals surface area contributed by atoms with E-state index in [0.29, 0.717) is 29.7 Å². The van der Waals surface area contributed by atoms with Gasteiger partial charge in [0.2, 0.25) is 11.8 Å². The number of amides is 2. The molecule has 2 heterocycles. The molecule has 1 atom stereocenters. The Bertz CT molecular complexity index is 1210. The first-order valence-electron chi connectivity index (χ1n) is 10.9. The molecule has 0 bridgehead atoms. The van der Waals surface area contributed by atoms with Gasteiger partial charge < -0.3 is 15.5 Å². The Kier molecular flexibility index (Phi) is 7.77. The molecule has 34 heavy (non-hydrogen) atoms. The average Bonchev–Trinajstić information content (AvgIpc) is 3.52. The SMILES string of the molecule is NC(=O)CCn1c(SCC(=O)NC(Cc2ccccc2)c2ccccc2)nnc1-c1ccco1. The zero-order valence-electron chi connectivity index (χ0n) is 18.5. The number of nitrogens with zero attached hydrogens (tertiary/aromatic N) is 3. The highest BCUT2D eigenvalue weighted by molar-refractivity contribution is 7.99. The van der Waals surface area contributed by atoms with Crippen molar-refractivity contribution in [2.24, 2.45) is 5.73 Å². The van der Waals surface area contributed by atoms with Gasteiger partial charge in [-0.2, -0.15) is 0 Å². The highest BCUT2D eigenvalue weighted by atomic mass is 32.2. The Morgan fingerprint density at radius 3 is 2.41 bits per heavy atom. The molecule has 174 valence electrons. The zero-order valence-corrected chi connectivity index (χ0v) is 19.3. The van der Waals surface area contributed by atoms with Gasteiger partial charge in [-0.05, 0) is 29.7 Å². The van der Waals surface area contributed by atoms with E-state index in [1.165, 1.54) is 11.8 Å². The van der Waals surface area contributed by atoms with Crippen molar-refractivity contribution >= 4 is 23.6 Å². The van der Waals surface area contributed by atoms with Gasteiger partial charge in [0.05, 0.1) is 18.1 Å². The predicted molar refractivity (Wildman–Crippen MR) is 130 cm³/mol. The van der Waals surface area contributed by atoms with Gasteiger partial charge in [-0.25, -0.2) is 0 Å². The number of benzene rings is 2. The number of nitrogens with two attached hydrogens (primary N) is 1. The summed E-state index contributed by atoms with van der Waals surface area (Å²) >= 11 is 1.25. The fraction of sp³-hybridized carbons (Fsp3) is 0.200. The second-order valence-electron chi connectivity index (χ2n) is 7.66. The van der Waals surface area contributed by atoms with Crippen molar-refractivity contribution in [2.45, 2.75) is 30.6 Å². The lowest BCUT2D eigenvalue weighted by molar-refractivity contribution is -0.119. The number of aromatic nitrogens is 3. The largest absolute Gasteiger partial charge is 0.461 e. The fourth-order valence-electron chi connectivity index (χ4n) is 3.56. The summed E-state index contributed by atoms with van der Waals surface area (Å²) in [6, 6.07) is 23.3. The maximum atomic E-state index is 12.9. The summed E-state index contributed by atoms with van der Waals surface area (Å²) in [5.41, 5.74) is 7.51. The van der Waals surface area contributed by atoms with E-state index in [0.717, 1.165) is 11.1 Å². The summed E-state index contributed by atoms with van der Waals surface area (Å²) in [6.07, 6.45) is 2.34. The number of primary amides is 1. The molecule has 0 aliphatic heterocycles. The molecule has 8 nitrogen and oxygen atoms in total. The molecule has 4 aromatic rings. The van der Waals surface area contributed by atoms with Crippen LogP contribution in [0.5, 0.6) is 0 Å². The number of thioether (sulfide) groups is 1. The van der Waals surface area contributed by atoms with Crippen molar-refractivity contribution in [3.63, 3.8) is 0 Å². The molecule has 0 spiro atoms. The van der Waals surface area contributed by atoms with Gasteiger partial charge >= 0.3 is 0 Å². The zero-order chi connectivity index (χ0) is 23.8. The van der Waals surface area contributed by atoms with E-state index >= 15 is 0 Å². The van der Waals surface area contributed by atoms with E-state index in [2.05, 4.69) is 15.5 Å². The Morgan fingerprint density at radius 2 is 1.74 bits per heavy atom. The minimum Gasteiger partial charge on any atom is -0.461 e. The number of hydrogen-bond donors (Lipinski definition) is 2. The third-order valence-electron chi connectivity index (χ3n) is 5.19. The molecule has 2 aromatic heterocycles. The molecule has 3 N–H and O–H groups in total. The van der Waals surface area contributed by atoms with E-state index in [4.69, 9.17) is 10.2 Å². The first-order chi connectivity index (χ1) is 16.6. The molecule has 0 aliphatic rings. The number of rotatable bonds is 11. The monoisotopic (exact) mass is 475 g/mol. The Balaban J connectivity index is 1.46. The number of furan rings is 1. The average molecular weight is 476 g/mol. The van der Waals surface area contributed by atoms with Crippen molar-refractivity contribution in [2.75, 3.05) is 5.75 Å². The lowest BCUT2D eigenvalue weighted by Crippen LogP contribution is -2.31. The van der Waals surface area contributed by atoms with E-state index < -0.39 is 5.91 Å². The van der Waals surface area contributed by atoms with Crippen LogP contribution in [0.15, 0.2) is 88.6 Å². The Hall–Kier alpha value is -3.85. The van der Waals surface area contributed by atoms with Gasteiger partial charge in [-0.1, -0.05) is 72.4 Å². The summed E-state index contributed by atoms with van der Waals surface area (Å²) in [6.45, 7) is 0.295. The fourth-order valence-corrected chi connectivity index (χ4v) is 4.34. The van der Waals surface area contributed by atoms with E-state index in [-0.39, 0.29) is 24.1 Å². The summed E-state index contributed by atoms with van der Waals surface area (Å²) in [4.78, 5) is 24.3. The minimum atomic E-state index is -0.431. The van der Waals surface area contributed by atoms with Crippen LogP contribution in [0.3, 0.4) is 0 Å². The van der Waals surface area contributed by atoms with Crippen molar-refractivity contribution < 1.29 is 14.0 Å². The summed E-state index contributed by atoms with van der Waals surface area (Å²) < 4.78 is 7.19. The van der Waals surface area contributed by atoms with Crippen LogP contribution in [0.2, 0.25) is 0 Å². The molecular formula is C25H25N5O3S. The molecule has 2 aromatic carbocycles. The molecule has 1 unspecified atom stereocenters. The van der Waals surface area contributed by atoms with Crippen molar-refractivity contribution in [3.05, 3.63) is 90.2 Å². The van der Waals surface area contributed by atoms with Crippen LogP contribution < -0.4 is 11.1 Å². The molecule has 0 saturated carbocycles. The highest BCUT2D eigenvalue weighted by Gasteiger charge is 2.20. The van der Waals surface area contributed by atoms with Crippen molar-refractivity contribution in [1.82, 2.24) is 20.1 Å². The van der Waals surface area contributed by atoms with Crippen molar-refractivity contribution in [3.8, 4) is 11.6 Å². The maximum absolute atomic E-state index is 12.9. The van der Waals surface area contributed by atoms with Gasteiger partial charge in [-0.15, -0.1) is 10.2 Å². The molecule has 4 rings (SSSR count). The summed E-state index contributed by atoms with van der Waals surface area (Å²) in [7, 11) is 0. The number of carbonyl (C=O) groups is 2. The molecule has 0 radical (unpaired) electrons. The number of carbonyl (C=O) groups excluding carboxylic acids is 2. The van der Waals surface area contributed by atoms with Crippen LogP contribution in [-0.2, 0) is 22.6 Å². The lowest BCUT2D eigenvalue weighted by Gasteiger charge is -2.19. The van der Waals surface area contributed by atoms with E-state index in [1.54, 1.807) is 23.0 Å². The topological polar surface area (TPSA) is 116 Å². The van der Waals surface area contributed by atoms with E-state index in [9.17, 15) is 9.59 Å².